The number of rotatable bonds is 0. The molecule has 1 heterocycles. The van der Waals surface area contributed by atoms with Gasteiger partial charge in [-0.1, -0.05) is 17.7 Å². The fraction of sp³-hybridized carbons (Fsp3) is 0.600. The first-order chi connectivity index (χ1) is 4.04. The number of halogens is 1. The topological polar surface area (TPSA) is 34.1 Å². The molecule has 1 unspecified atom stereocenters. The van der Waals surface area contributed by atoms with Crippen molar-refractivity contribution in [3.8, 4) is 0 Å². The molecule has 0 aromatic heterocycles. The third-order valence-corrected chi connectivity index (χ3v) is 4.01. The van der Waals surface area contributed by atoms with E-state index in [1.54, 1.807) is 13.0 Å². The first-order valence-corrected chi connectivity index (χ1v) is 4.70. The normalized spacial score (nSPS) is 32.2. The van der Waals surface area contributed by atoms with Gasteiger partial charge in [-0.15, -0.1) is 0 Å². The van der Waals surface area contributed by atoms with Crippen molar-refractivity contribution in [2.45, 2.75) is 12.2 Å². The zero-order valence-electron chi connectivity index (χ0n) is 4.96. The molecule has 1 aliphatic heterocycles. The third-order valence-electron chi connectivity index (χ3n) is 1.44. The molecule has 9 heavy (non-hydrogen) atoms. The van der Waals surface area contributed by atoms with Crippen LogP contribution in [0.5, 0.6) is 0 Å². The molecule has 0 N–H and O–H groups in total. The predicted octanol–water partition coefficient (Wildman–Crippen LogP) is 0.926. The molecule has 0 saturated heterocycles. The molecule has 1 atom stereocenters. The molecule has 1 aliphatic rings. The van der Waals surface area contributed by atoms with Gasteiger partial charge < -0.3 is 0 Å². The highest BCUT2D eigenvalue weighted by atomic mass is 35.5. The molecule has 0 radical (unpaired) electrons. The lowest BCUT2D eigenvalue weighted by molar-refractivity contribution is 0.596. The molecule has 0 bridgehead atoms. The van der Waals surface area contributed by atoms with Crippen molar-refractivity contribution in [2.24, 2.45) is 0 Å². The maximum absolute atomic E-state index is 10.8. The second-order valence-electron chi connectivity index (χ2n) is 2.06. The van der Waals surface area contributed by atoms with E-state index >= 15 is 0 Å². The summed E-state index contributed by atoms with van der Waals surface area (Å²) in [5.41, 5.74) is 0. The SMILES string of the molecule is CC1C(Cl)=CCS1(=O)=O. The van der Waals surface area contributed by atoms with Crippen LogP contribution in [0, 0.1) is 0 Å². The van der Waals surface area contributed by atoms with Crippen LogP contribution in [0.1, 0.15) is 6.92 Å². The minimum absolute atomic E-state index is 0.104. The Morgan fingerprint density at radius 3 is 2.44 bits per heavy atom. The van der Waals surface area contributed by atoms with Gasteiger partial charge in [-0.25, -0.2) is 8.42 Å². The minimum Gasteiger partial charge on any atom is -0.228 e. The minimum atomic E-state index is -2.90. The zero-order chi connectivity index (χ0) is 7.07. The Kier molecular flexibility index (Phi) is 1.57. The van der Waals surface area contributed by atoms with Crippen molar-refractivity contribution in [3.05, 3.63) is 11.1 Å². The second kappa shape index (κ2) is 1.99. The summed E-state index contributed by atoms with van der Waals surface area (Å²) in [7, 11) is -2.90. The van der Waals surface area contributed by atoms with Gasteiger partial charge in [0, 0.05) is 5.03 Å². The van der Waals surface area contributed by atoms with Gasteiger partial charge in [0.1, 0.15) is 0 Å². The lowest BCUT2D eigenvalue weighted by Gasteiger charge is -1.99. The quantitative estimate of drug-likeness (QED) is 0.537. The van der Waals surface area contributed by atoms with Crippen molar-refractivity contribution < 1.29 is 8.42 Å². The van der Waals surface area contributed by atoms with Crippen molar-refractivity contribution >= 4 is 21.4 Å². The third kappa shape index (κ3) is 1.12. The Hall–Kier alpha value is -0.0200. The van der Waals surface area contributed by atoms with Crippen LogP contribution in [0.4, 0.5) is 0 Å². The van der Waals surface area contributed by atoms with Crippen molar-refractivity contribution in [2.75, 3.05) is 5.75 Å². The van der Waals surface area contributed by atoms with Crippen molar-refractivity contribution in [3.63, 3.8) is 0 Å². The molecule has 4 heteroatoms. The van der Waals surface area contributed by atoms with Gasteiger partial charge in [-0.3, -0.25) is 0 Å². The molecule has 0 fully saturated rings. The van der Waals surface area contributed by atoms with Gasteiger partial charge in [0.25, 0.3) is 0 Å². The van der Waals surface area contributed by atoms with Gasteiger partial charge in [-0.2, -0.15) is 0 Å². The lowest BCUT2D eigenvalue weighted by Crippen LogP contribution is -2.13. The van der Waals surface area contributed by atoms with E-state index < -0.39 is 15.1 Å². The largest absolute Gasteiger partial charge is 0.228 e. The Labute approximate surface area is 59.4 Å². The van der Waals surface area contributed by atoms with Crippen LogP contribution in [0.3, 0.4) is 0 Å². The summed E-state index contributed by atoms with van der Waals surface area (Å²) >= 11 is 5.53. The number of hydrogen-bond donors (Lipinski definition) is 0. The van der Waals surface area contributed by atoms with Gasteiger partial charge in [0.15, 0.2) is 9.84 Å². The van der Waals surface area contributed by atoms with E-state index in [-0.39, 0.29) is 5.75 Å². The van der Waals surface area contributed by atoms with Gasteiger partial charge in [0.05, 0.1) is 11.0 Å². The second-order valence-corrected chi connectivity index (χ2v) is 4.86. The van der Waals surface area contributed by atoms with Crippen LogP contribution in [-0.4, -0.2) is 19.4 Å². The predicted molar refractivity (Wildman–Crippen MR) is 37.2 cm³/mol. The fourth-order valence-corrected chi connectivity index (χ4v) is 2.39. The van der Waals surface area contributed by atoms with E-state index in [1.165, 1.54) is 0 Å². The van der Waals surface area contributed by atoms with E-state index in [2.05, 4.69) is 0 Å². The molecule has 0 aromatic carbocycles. The molecule has 1 rings (SSSR count). The Morgan fingerprint density at radius 1 is 1.78 bits per heavy atom. The molecular weight excluding hydrogens is 160 g/mol. The molecule has 52 valence electrons. The molecule has 0 aliphatic carbocycles. The Bertz CT molecular complexity index is 240. The van der Waals surface area contributed by atoms with Crippen LogP contribution in [-0.2, 0) is 9.84 Å². The standard InChI is InChI=1S/C5H7ClO2S/c1-4-5(6)2-3-9(4,7)8/h2,4H,3H2,1H3. The Balaban J connectivity index is 3.00. The summed E-state index contributed by atoms with van der Waals surface area (Å²) in [6.07, 6.45) is 1.54. The highest BCUT2D eigenvalue weighted by molar-refractivity contribution is 7.92. The van der Waals surface area contributed by atoms with Crippen LogP contribution in [0.25, 0.3) is 0 Å². The summed E-state index contributed by atoms with van der Waals surface area (Å²) < 4.78 is 21.7. The highest BCUT2D eigenvalue weighted by Crippen LogP contribution is 2.22. The van der Waals surface area contributed by atoms with E-state index in [0.29, 0.717) is 5.03 Å². The summed E-state index contributed by atoms with van der Waals surface area (Å²) in [4.78, 5) is 0. The maximum Gasteiger partial charge on any atom is 0.161 e. The monoisotopic (exact) mass is 166 g/mol. The first kappa shape index (κ1) is 7.09. The molecule has 0 amide bonds. The van der Waals surface area contributed by atoms with Crippen LogP contribution >= 0.6 is 11.6 Å². The van der Waals surface area contributed by atoms with E-state index in [1.807, 2.05) is 0 Å². The molecule has 0 saturated carbocycles. The van der Waals surface area contributed by atoms with Gasteiger partial charge >= 0.3 is 0 Å². The van der Waals surface area contributed by atoms with E-state index in [9.17, 15) is 8.42 Å². The summed E-state index contributed by atoms with van der Waals surface area (Å²) in [6.45, 7) is 1.60. The average Bonchev–Trinajstić information content (AvgIpc) is 1.97. The summed E-state index contributed by atoms with van der Waals surface area (Å²) in [5, 5.41) is -0.0193. The number of hydrogen-bond acceptors (Lipinski definition) is 2. The van der Waals surface area contributed by atoms with E-state index in [0.717, 1.165) is 0 Å². The Morgan fingerprint density at radius 2 is 2.33 bits per heavy atom. The lowest BCUT2D eigenvalue weighted by atomic mass is 10.4. The zero-order valence-corrected chi connectivity index (χ0v) is 6.54. The summed E-state index contributed by atoms with van der Waals surface area (Å²) in [6, 6.07) is 0. The van der Waals surface area contributed by atoms with Crippen molar-refractivity contribution in [1.82, 2.24) is 0 Å². The maximum atomic E-state index is 10.8. The molecular formula is C5H7ClO2S. The summed E-state index contributed by atoms with van der Waals surface area (Å²) in [5.74, 6) is 0.104. The van der Waals surface area contributed by atoms with E-state index in [4.69, 9.17) is 11.6 Å². The smallest absolute Gasteiger partial charge is 0.161 e. The molecule has 0 aromatic rings. The van der Waals surface area contributed by atoms with Gasteiger partial charge in [-0.05, 0) is 6.92 Å². The molecule has 0 spiro atoms. The molecule has 2 nitrogen and oxygen atoms in total. The fourth-order valence-electron chi connectivity index (χ4n) is 0.678. The van der Waals surface area contributed by atoms with Gasteiger partial charge in [0.2, 0.25) is 0 Å². The highest BCUT2D eigenvalue weighted by Gasteiger charge is 2.27. The van der Waals surface area contributed by atoms with Crippen LogP contribution < -0.4 is 0 Å². The first-order valence-electron chi connectivity index (χ1n) is 2.61. The number of sulfone groups is 1. The van der Waals surface area contributed by atoms with Crippen molar-refractivity contribution in [1.29, 1.82) is 0 Å². The average molecular weight is 167 g/mol. The van der Waals surface area contributed by atoms with Crippen LogP contribution in [0.15, 0.2) is 11.1 Å². The van der Waals surface area contributed by atoms with Crippen LogP contribution in [0.2, 0.25) is 0 Å².